The number of benzene rings is 1. The van der Waals surface area contributed by atoms with Gasteiger partial charge in [0.05, 0.1) is 11.6 Å². The molecular weight excluding hydrogens is 172 g/mol. The van der Waals surface area contributed by atoms with Crippen LogP contribution in [0.1, 0.15) is 31.2 Å². The van der Waals surface area contributed by atoms with E-state index in [0.717, 1.165) is 0 Å². The summed E-state index contributed by atoms with van der Waals surface area (Å²) in [5.74, 6) is 0. The summed E-state index contributed by atoms with van der Waals surface area (Å²) in [5.41, 5.74) is 6.25. The van der Waals surface area contributed by atoms with E-state index in [0.29, 0.717) is 11.6 Å². The number of nitriles is 1. The highest BCUT2D eigenvalue weighted by atomic mass is 14.6. The summed E-state index contributed by atoms with van der Waals surface area (Å²) in [6, 6.07) is 11.7. The summed E-state index contributed by atoms with van der Waals surface area (Å²) in [4.78, 5) is 0. The van der Waals surface area contributed by atoms with Crippen LogP contribution in [0, 0.1) is 11.3 Å². The van der Waals surface area contributed by atoms with Crippen LogP contribution in [-0.4, -0.2) is 6.04 Å². The van der Waals surface area contributed by atoms with E-state index in [1.54, 1.807) is 12.1 Å². The molecule has 1 fully saturated rings. The maximum Gasteiger partial charge on any atom is 0.0991 e. The van der Waals surface area contributed by atoms with Crippen LogP contribution in [0.4, 0.5) is 0 Å². The van der Waals surface area contributed by atoms with Gasteiger partial charge in [0.2, 0.25) is 0 Å². The average Bonchev–Trinajstić information content (AvgIpc) is 2.71. The fourth-order valence-electron chi connectivity index (χ4n) is 1.47. The molecule has 2 N–H and O–H groups in total. The summed E-state index contributed by atoms with van der Waals surface area (Å²) in [6.45, 7) is 0. The van der Waals surface area contributed by atoms with Crippen molar-refractivity contribution in [3.63, 3.8) is 0 Å². The van der Waals surface area contributed by atoms with E-state index >= 15 is 0 Å². The van der Waals surface area contributed by atoms with E-state index in [1.165, 1.54) is 25.7 Å². The topological polar surface area (TPSA) is 49.8 Å². The minimum atomic E-state index is 0.546. The van der Waals surface area contributed by atoms with Gasteiger partial charge in [0.15, 0.2) is 0 Å². The minimum absolute atomic E-state index is 0.546. The normalized spacial score (nSPS) is 15.4. The Hall–Kier alpha value is -1.33. The van der Waals surface area contributed by atoms with Gasteiger partial charge in [-0.2, -0.15) is 5.26 Å². The van der Waals surface area contributed by atoms with Gasteiger partial charge >= 0.3 is 0 Å². The van der Waals surface area contributed by atoms with Gasteiger partial charge in [-0.1, -0.05) is 31.0 Å². The van der Waals surface area contributed by atoms with Crippen LogP contribution in [0.3, 0.4) is 0 Å². The zero-order chi connectivity index (χ0) is 10.2. The molecule has 2 rings (SSSR count). The molecular formula is C12H16N2. The molecule has 0 aliphatic heterocycles. The quantitative estimate of drug-likeness (QED) is 0.679. The van der Waals surface area contributed by atoms with Gasteiger partial charge in [0.1, 0.15) is 0 Å². The molecule has 0 amide bonds. The van der Waals surface area contributed by atoms with Gasteiger partial charge in [-0.05, 0) is 25.0 Å². The van der Waals surface area contributed by atoms with E-state index < -0.39 is 0 Å². The monoisotopic (exact) mass is 188 g/mol. The van der Waals surface area contributed by atoms with Crippen LogP contribution < -0.4 is 5.73 Å². The van der Waals surface area contributed by atoms with Gasteiger partial charge in [0.25, 0.3) is 0 Å². The molecule has 2 heteroatoms. The number of hydrogen-bond donors (Lipinski definition) is 1. The van der Waals surface area contributed by atoms with Crippen LogP contribution in [0.15, 0.2) is 30.3 Å². The van der Waals surface area contributed by atoms with Crippen LogP contribution in [-0.2, 0) is 0 Å². The Bertz CT molecular complexity index is 281. The van der Waals surface area contributed by atoms with Crippen LogP contribution >= 0.6 is 0 Å². The second kappa shape index (κ2) is 6.17. The van der Waals surface area contributed by atoms with Crippen LogP contribution in [0.2, 0.25) is 0 Å². The highest BCUT2D eigenvalue weighted by Crippen LogP contribution is 2.14. The van der Waals surface area contributed by atoms with Gasteiger partial charge in [0, 0.05) is 6.04 Å². The molecule has 0 unspecified atom stereocenters. The highest BCUT2D eigenvalue weighted by molar-refractivity contribution is 5.27. The van der Waals surface area contributed by atoms with Gasteiger partial charge in [-0.3, -0.25) is 0 Å². The van der Waals surface area contributed by atoms with E-state index in [2.05, 4.69) is 0 Å². The number of nitrogens with two attached hydrogens (primary N) is 1. The smallest absolute Gasteiger partial charge is 0.0991 e. The lowest BCUT2D eigenvalue weighted by Crippen LogP contribution is -2.13. The third-order valence-corrected chi connectivity index (χ3v) is 2.30. The van der Waals surface area contributed by atoms with Gasteiger partial charge < -0.3 is 5.73 Å². The van der Waals surface area contributed by atoms with Crippen molar-refractivity contribution in [2.45, 2.75) is 31.7 Å². The maximum absolute atomic E-state index is 8.29. The molecule has 0 aromatic heterocycles. The molecule has 1 aromatic carbocycles. The summed E-state index contributed by atoms with van der Waals surface area (Å²) in [7, 11) is 0. The Morgan fingerprint density at radius 3 is 2.00 bits per heavy atom. The summed E-state index contributed by atoms with van der Waals surface area (Å²) in [5, 5.41) is 8.29. The lowest BCUT2D eigenvalue weighted by molar-refractivity contribution is 0.704. The summed E-state index contributed by atoms with van der Waals surface area (Å²) < 4.78 is 0. The first-order valence-electron chi connectivity index (χ1n) is 5.03. The second-order valence-corrected chi connectivity index (χ2v) is 3.52. The van der Waals surface area contributed by atoms with Crippen molar-refractivity contribution in [1.29, 1.82) is 5.26 Å². The SMILES string of the molecule is N#Cc1ccccc1.NC1CCCC1. The molecule has 2 nitrogen and oxygen atoms in total. The van der Waals surface area contributed by atoms with Crippen LogP contribution in [0.25, 0.3) is 0 Å². The third-order valence-electron chi connectivity index (χ3n) is 2.30. The summed E-state index contributed by atoms with van der Waals surface area (Å²) in [6.07, 6.45) is 5.25. The molecule has 1 aromatic rings. The fraction of sp³-hybridized carbons (Fsp3) is 0.417. The molecule has 14 heavy (non-hydrogen) atoms. The zero-order valence-electron chi connectivity index (χ0n) is 8.32. The number of nitrogens with zero attached hydrogens (tertiary/aromatic N) is 1. The van der Waals surface area contributed by atoms with E-state index in [-0.39, 0.29) is 0 Å². The van der Waals surface area contributed by atoms with E-state index in [1.807, 2.05) is 24.3 Å². The molecule has 1 aliphatic carbocycles. The standard InChI is InChI=1S/C7H5N.C5H11N/c8-6-7-4-2-1-3-5-7;6-5-3-1-2-4-5/h1-5H;5H,1-4,6H2. The molecule has 0 radical (unpaired) electrons. The first-order valence-corrected chi connectivity index (χ1v) is 5.03. The highest BCUT2D eigenvalue weighted by Gasteiger charge is 2.07. The maximum atomic E-state index is 8.29. The van der Waals surface area contributed by atoms with Crippen molar-refractivity contribution in [1.82, 2.24) is 0 Å². The van der Waals surface area contributed by atoms with E-state index in [9.17, 15) is 0 Å². The number of hydrogen-bond acceptors (Lipinski definition) is 2. The Kier molecular flexibility index (Phi) is 4.74. The lowest BCUT2D eigenvalue weighted by atomic mass is 10.2. The number of rotatable bonds is 0. The Labute approximate surface area is 85.4 Å². The predicted octanol–water partition coefficient (Wildman–Crippen LogP) is 2.45. The fourth-order valence-corrected chi connectivity index (χ4v) is 1.47. The van der Waals surface area contributed by atoms with Crippen molar-refractivity contribution in [2.75, 3.05) is 0 Å². The molecule has 1 aliphatic rings. The zero-order valence-corrected chi connectivity index (χ0v) is 8.32. The van der Waals surface area contributed by atoms with Crippen molar-refractivity contribution < 1.29 is 0 Å². The molecule has 0 bridgehead atoms. The molecule has 1 saturated carbocycles. The van der Waals surface area contributed by atoms with Crippen molar-refractivity contribution in [2.24, 2.45) is 5.73 Å². The van der Waals surface area contributed by atoms with Gasteiger partial charge in [-0.15, -0.1) is 0 Å². The molecule has 0 atom stereocenters. The molecule has 0 spiro atoms. The predicted molar refractivity (Wildman–Crippen MR) is 57.6 cm³/mol. The summed E-state index contributed by atoms with van der Waals surface area (Å²) >= 11 is 0. The third kappa shape index (κ3) is 4.06. The largest absolute Gasteiger partial charge is 0.328 e. The Morgan fingerprint density at radius 1 is 1.14 bits per heavy atom. The Morgan fingerprint density at radius 2 is 1.71 bits per heavy atom. The second-order valence-electron chi connectivity index (χ2n) is 3.52. The first-order chi connectivity index (χ1) is 6.83. The molecule has 74 valence electrons. The Balaban J connectivity index is 0.000000146. The van der Waals surface area contributed by atoms with E-state index in [4.69, 9.17) is 11.0 Å². The van der Waals surface area contributed by atoms with Crippen molar-refractivity contribution >= 4 is 0 Å². The van der Waals surface area contributed by atoms with Crippen LogP contribution in [0.5, 0.6) is 0 Å². The van der Waals surface area contributed by atoms with Gasteiger partial charge in [-0.25, -0.2) is 0 Å². The van der Waals surface area contributed by atoms with Crippen molar-refractivity contribution in [3.05, 3.63) is 35.9 Å². The average molecular weight is 188 g/mol. The molecule has 0 saturated heterocycles. The van der Waals surface area contributed by atoms with Crippen molar-refractivity contribution in [3.8, 4) is 6.07 Å². The molecule has 0 heterocycles. The lowest BCUT2D eigenvalue weighted by Gasteiger charge is -1.92. The minimum Gasteiger partial charge on any atom is -0.328 e. The first kappa shape index (κ1) is 10.7.